The van der Waals surface area contributed by atoms with Crippen LogP contribution in [0.1, 0.15) is 42.5 Å². The Morgan fingerprint density at radius 1 is 1.50 bits per heavy atom. The van der Waals surface area contributed by atoms with Crippen molar-refractivity contribution in [3.05, 3.63) is 21.9 Å². The van der Waals surface area contributed by atoms with Crippen LogP contribution < -0.4 is 5.32 Å². The zero-order chi connectivity index (χ0) is 11.6. The lowest BCUT2D eigenvalue weighted by Crippen LogP contribution is -2.27. The highest BCUT2D eigenvalue weighted by molar-refractivity contribution is 8.00. The summed E-state index contributed by atoms with van der Waals surface area (Å²) in [5.74, 6) is 0. The third kappa shape index (κ3) is 2.82. The molecule has 0 amide bonds. The van der Waals surface area contributed by atoms with E-state index in [1.54, 1.807) is 0 Å². The summed E-state index contributed by atoms with van der Waals surface area (Å²) in [4.78, 5) is 2.98. The molecule has 0 radical (unpaired) electrons. The molecule has 1 aromatic rings. The Labute approximate surface area is 107 Å². The Bertz CT molecular complexity index is 341. The molecule has 1 aliphatic carbocycles. The minimum atomic E-state index is 0.509. The number of thiophene rings is 1. The van der Waals surface area contributed by atoms with Crippen LogP contribution in [0.3, 0.4) is 0 Å². The quantitative estimate of drug-likeness (QED) is 0.828. The number of aryl methyl sites for hydroxylation is 1. The summed E-state index contributed by atoms with van der Waals surface area (Å²) in [6, 6.07) is 5.05. The lowest BCUT2D eigenvalue weighted by Gasteiger charge is -2.17. The molecule has 1 aromatic heterocycles. The lowest BCUT2D eigenvalue weighted by molar-refractivity contribution is 0.570. The second kappa shape index (κ2) is 5.11. The van der Waals surface area contributed by atoms with Gasteiger partial charge >= 0.3 is 0 Å². The van der Waals surface area contributed by atoms with Gasteiger partial charge in [-0.25, -0.2) is 0 Å². The average molecular weight is 255 g/mol. The van der Waals surface area contributed by atoms with Crippen molar-refractivity contribution in [2.45, 2.75) is 43.9 Å². The van der Waals surface area contributed by atoms with Crippen LogP contribution in [0.2, 0.25) is 0 Å². The van der Waals surface area contributed by atoms with E-state index >= 15 is 0 Å². The van der Waals surface area contributed by atoms with Gasteiger partial charge in [-0.3, -0.25) is 0 Å². The molecule has 3 heteroatoms. The van der Waals surface area contributed by atoms with Crippen LogP contribution >= 0.6 is 23.1 Å². The van der Waals surface area contributed by atoms with Gasteiger partial charge in [0, 0.05) is 27.1 Å². The van der Waals surface area contributed by atoms with Crippen molar-refractivity contribution in [1.82, 2.24) is 5.32 Å². The first kappa shape index (κ1) is 12.5. The Balaban J connectivity index is 1.85. The summed E-state index contributed by atoms with van der Waals surface area (Å²) in [5.41, 5.74) is 0. The van der Waals surface area contributed by atoms with Crippen LogP contribution in [0.5, 0.6) is 0 Å². The Morgan fingerprint density at radius 2 is 2.25 bits per heavy atom. The normalized spacial score (nSPS) is 19.7. The molecule has 2 rings (SSSR count). The van der Waals surface area contributed by atoms with Gasteiger partial charge in [0.2, 0.25) is 0 Å². The number of hydrogen-bond acceptors (Lipinski definition) is 3. The van der Waals surface area contributed by atoms with E-state index in [-0.39, 0.29) is 0 Å². The summed E-state index contributed by atoms with van der Waals surface area (Å²) in [6.07, 6.45) is 6.17. The van der Waals surface area contributed by atoms with Gasteiger partial charge < -0.3 is 5.32 Å². The van der Waals surface area contributed by atoms with Crippen molar-refractivity contribution in [3.63, 3.8) is 0 Å². The summed E-state index contributed by atoms with van der Waals surface area (Å²) < 4.78 is 0.569. The predicted molar refractivity (Wildman–Crippen MR) is 75.6 cm³/mol. The number of rotatable bonds is 6. The third-order valence-corrected chi connectivity index (χ3v) is 6.26. The SMILES string of the molecule is CCc1ccc(C(C)NCC2(SC)CC2)s1. The molecule has 0 aliphatic heterocycles. The molecule has 16 heavy (non-hydrogen) atoms. The molecule has 0 saturated heterocycles. The van der Waals surface area contributed by atoms with Gasteiger partial charge in [-0.15, -0.1) is 11.3 Å². The summed E-state index contributed by atoms with van der Waals surface area (Å²) in [5, 5.41) is 3.68. The molecule has 1 unspecified atom stereocenters. The minimum absolute atomic E-state index is 0.509. The van der Waals surface area contributed by atoms with E-state index in [9.17, 15) is 0 Å². The lowest BCUT2D eigenvalue weighted by atomic mass is 10.2. The smallest absolute Gasteiger partial charge is 0.0386 e. The minimum Gasteiger partial charge on any atom is -0.308 e. The van der Waals surface area contributed by atoms with Crippen molar-refractivity contribution < 1.29 is 0 Å². The number of hydrogen-bond donors (Lipinski definition) is 1. The van der Waals surface area contributed by atoms with E-state index in [0.717, 1.165) is 13.0 Å². The van der Waals surface area contributed by atoms with Crippen LogP contribution in [-0.4, -0.2) is 17.5 Å². The second-order valence-corrected chi connectivity index (χ2v) is 7.12. The average Bonchev–Trinajstić information content (AvgIpc) is 2.94. The molecule has 1 N–H and O–H groups in total. The van der Waals surface area contributed by atoms with Crippen LogP contribution in [0.4, 0.5) is 0 Å². The first-order valence-electron chi connectivity index (χ1n) is 6.06. The topological polar surface area (TPSA) is 12.0 Å². The highest BCUT2D eigenvalue weighted by Gasteiger charge is 2.41. The van der Waals surface area contributed by atoms with E-state index in [0.29, 0.717) is 10.8 Å². The zero-order valence-electron chi connectivity index (χ0n) is 10.4. The van der Waals surface area contributed by atoms with E-state index in [1.165, 1.54) is 22.6 Å². The highest BCUT2D eigenvalue weighted by atomic mass is 32.2. The first-order chi connectivity index (χ1) is 7.69. The van der Waals surface area contributed by atoms with Crippen molar-refractivity contribution in [2.24, 2.45) is 0 Å². The van der Waals surface area contributed by atoms with Crippen molar-refractivity contribution in [1.29, 1.82) is 0 Å². The summed E-state index contributed by atoms with van der Waals surface area (Å²) in [6.45, 7) is 5.66. The summed E-state index contributed by atoms with van der Waals surface area (Å²) in [7, 11) is 0. The van der Waals surface area contributed by atoms with Gasteiger partial charge in [-0.2, -0.15) is 11.8 Å². The molecule has 0 aromatic carbocycles. The molecular formula is C13H21NS2. The fourth-order valence-corrected chi connectivity index (χ4v) is 3.57. The second-order valence-electron chi connectivity index (χ2n) is 4.65. The van der Waals surface area contributed by atoms with Crippen LogP contribution in [0.25, 0.3) is 0 Å². The van der Waals surface area contributed by atoms with Gasteiger partial charge in [-0.05, 0) is 44.6 Å². The Morgan fingerprint density at radius 3 is 2.75 bits per heavy atom. The molecule has 1 saturated carbocycles. The van der Waals surface area contributed by atoms with Crippen molar-refractivity contribution in [3.8, 4) is 0 Å². The fourth-order valence-electron chi connectivity index (χ4n) is 1.85. The third-order valence-electron chi connectivity index (χ3n) is 3.43. The molecule has 1 heterocycles. The maximum absolute atomic E-state index is 3.68. The van der Waals surface area contributed by atoms with E-state index in [4.69, 9.17) is 0 Å². The molecule has 1 nitrogen and oxygen atoms in total. The Kier molecular flexibility index (Phi) is 3.98. The highest BCUT2D eigenvalue weighted by Crippen LogP contribution is 2.46. The molecular weight excluding hydrogens is 234 g/mol. The van der Waals surface area contributed by atoms with Gasteiger partial charge in [0.1, 0.15) is 0 Å². The van der Waals surface area contributed by atoms with Gasteiger partial charge in [0.25, 0.3) is 0 Å². The van der Waals surface area contributed by atoms with Crippen LogP contribution in [0, 0.1) is 0 Å². The van der Waals surface area contributed by atoms with Gasteiger partial charge in [0.05, 0.1) is 0 Å². The molecule has 0 bridgehead atoms. The predicted octanol–water partition coefficient (Wildman–Crippen LogP) is 3.86. The maximum Gasteiger partial charge on any atom is 0.0386 e. The molecule has 1 atom stereocenters. The van der Waals surface area contributed by atoms with Crippen molar-refractivity contribution in [2.75, 3.05) is 12.8 Å². The van der Waals surface area contributed by atoms with Crippen LogP contribution in [0.15, 0.2) is 12.1 Å². The summed E-state index contributed by atoms with van der Waals surface area (Å²) >= 11 is 3.98. The standard InChI is InChI=1S/C13H21NS2/c1-4-11-5-6-12(16-11)10(2)14-9-13(15-3)7-8-13/h5-6,10,14H,4,7-9H2,1-3H3. The zero-order valence-corrected chi connectivity index (χ0v) is 12.0. The van der Waals surface area contributed by atoms with E-state index < -0.39 is 0 Å². The van der Waals surface area contributed by atoms with Crippen molar-refractivity contribution >= 4 is 23.1 Å². The number of nitrogens with one attached hydrogen (secondary N) is 1. The largest absolute Gasteiger partial charge is 0.308 e. The monoisotopic (exact) mass is 255 g/mol. The number of thioether (sulfide) groups is 1. The van der Waals surface area contributed by atoms with Gasteiger partial charge in [0.15, 0.2) is 0 Å². The van der Waals surface area contributed by atoms with E-state index in [1.807, 2.05) is 23.1 Å². The van der Waals surface area contributed by atoms with E-state index in [2.05, 4.69) is 37.6 Å². The Hall–Kier alpha value is 0.01000. The molecule has 1 fully saturated rings. The molecule has 0 spiro atoms. The molecule has 90 valence electrons. The van der Waals surface area contributed by atoms with Crippen LogP contribution in [-0.2, 0) is 6.42 Å². The fraction of sp³-hybridized carbons (Fsp3) is 0.692. The maximum atomic E-state index is 3.68. The van der Waals surface area contributed by atoms with Gasteiger partial charge in [-0.1, -0.05) is 6.92 Å². The molecule has 1 aliphatic rings. The first-order valence-corrected chi connectivity index (χ1v) is 8.10.